The Kier molecular flexibility index (Phi) is 5.65. The molecule has 1 aromatic rings. The Bertz CT molecular complexity index is 408. The van der Waals surface area contributed by atoms with Gasteiger partial charge < -0.3 is 15.0 Å². The number of hydrogen-bond donors (Lipinski definition) is 1. The molecule has 1 N–H and O–H groups in total. The van der Waals surface area contributed by atoms with Gasteiger partial charge in [0.25, 0.3) is 0 Å². The second-order valence-electron chi connectivity index (χ2n) is 6.04. The molecule has 4 heteroatoms. The first kappa shape index (κ1) is 15.1. The van der Waals surface area contributed by atoms with Crippen LogP contribution in [0, 0.1) is 11.8 Å². The summed E-state index contributed by atoms with van der Waals surface area (Å²) in [7, 11) is 1.67. The SMILES string of the molecule is COc1cccc(N2CCCC(CNCC(C)C)C2)n1. The molecule has 1 aromatic heterocycles. The molecule has 0 spiro atoms. The highest BCUT2D eigenvalue weighted by molar-refractivity contribution is 5.41. The van der Waals surface area contributed by atoms with Gasteiger partial charge in [-0.25, -0.2) is 0 Å². The van der Waals surface area contributed by atoms with E-state index in [0.29, 0.717) is 5.88 Å². The zero-order chi connectivity index (χ0) is 14.4. The normalized spacial score (nSPS) is 19.4. The molecule has 0 aromatic carbocycles. The van der Waals surface area contributed by atoms with Crippen LogP contribution in [0.4, 0.5) is 5.82 Å². The van der Waals surface area contributed by atoms with Gasteiger partial charge in [0.15, 0.2) is 0 Å². The number of rotatable bonds is 6. The molecule has 2 heterocycles. The first-order chi connectivity index (χ1) is 9.69. The fourth-order valence-electron chi connectivity index (χ4n) is 2.71. The van der Waals surface area contributed by atoms with E-state index in [-0.39, 0.29) is 0 Å². The summed E-state index contributed by atoms with van der Waals surface area (Å²) >= 11 is 0. The number of nitrogens with one attached hydrogen (secondary N) is 1. The van der Waals surface area contributed by atoms with Crippen LogP contribution in [-0.4, -0.2) is 38.3 Å². The van der Waals surface area contributed by atoms with Crippen LogP contribution >= 0.6 is 0 Å². The summed E-state index contributed by atoms with van der Waals surface area (Å²) < 4.78 is 5.21. The van der Waals surface area contributed by atoms with Crippen molar-refractivity contribution in [1.82, 2.24) is 10.3 Å². The van der Waals surface area contributed by atoms with Crippen molar-refractivity contribution in [3.05, 3.63) is 18.2 Å². The zero-order valence-electron chi connectivity index (χ0n) is 12.9. The first-order valence-corrected chi connectivity index (χ1v) is 7.65. The molecule has 0 amide bonds. The molecule has 1 aliphatic heterocycles. The molecule has 0 saturated carbocycles. The molecular weight excluding hydrogens is 250 g/mol. The average molecular weight is 277 g/mol. The third-order valence-corrected chi connectivity index (χ3v) is 3.75. The summed E-state index contributed by atoms with van der Waals surface area (Å²) in [6.45, 7) is 8.90. The predicted molar refractivity (Wildman–Crippen MR) is 83.4 cm³/mol. The quantitative estimate of drug-likeness (QED) is 0.867. The van der Waals surface area contributed by atoms with Gasteiger partial charge in [-0.2, -0.15) is 4.98 Å². The Labute approximate surface area is 122 Å². The maximum absolute atomic E-state index is 5.21. The number of hydrogen-bond acceptors (Lipinski definition) is 4. The summed E-state index contributed by atoms with van der Waals surface area (Å²) in [5, 5.41) is 3.58. The summed E-state index contributed by atoms with van der Waals surface area (Å²) in [5.74, 6) is 3.17. The lowest BCUT2D eigenvalue weighted by Crippen LogP contribution is -2.40. The van der Waals surface area contributed by atoms with E-state index in [2.05, 4.69) is 35.1 Å². The number of piperidine rings is 1. The van der Waals surface area contributed by atoms with Crippen molar-refractivity contribution in [3.63, 3.8) is 0 Å². The Hall–Kier alpha value is -1.29. The highest BCUT2D eigenvalue weighted by atomic mass is 16.5. The molecule has 0 bridgehead atoms. The van der Waals surface area contributed by atoms with Gasteiger partial charge in [0.05, 0.1) is 7.11 Å². The van der Waals surface area contributed by atoms with Gasteiger partial charge in [-0.1, -0.05) is 19.9 Å². The molecule has 112 valence electrons. The van der Waals surface area contributed by atoms with Gasteiger partial charge in [-0.3, -0.25) is 0 Å². The van der Waals surface area contributed by atoms with Crippen molar-refractivity contribution in [2.45, 2.75) is 26.7 Å². The predicted octanol–water partition coefficient (Wildman–Crippen LogP) is 2.55. The van der Waals surface area contributed by atoms with Crippen molar-refractivity contribution >= 4 is 5.82 Å². The second-order valence-corrected chi connectivity index (χ2v) is 6.04. The lowest BCUT2D eigenvalue weighted by Gasteiger charge is -2.34. The Morgan fingerprint density at radius 3 is 3.05 bits per heavy atom. The average Bonchev–Trinajstić information content (AvgIpc) is 2.47. The van der Waals surface area contributed by atoms with Crippen molar-refractivity contribution < 1.29 is 4.74 Å². The summed E-state index contributed by atoms with van der Waals surface area (Å²) in [4.78, 5) is 6.92. The van der Waals surface area contributed by atoms with Gasteiger partial charge in [0.2, 0.25) is 5.88 Å². The maximum Gasteiger partial charge on any atom is 0.214 e. The topological polar surface area (TPSA) is 37.4 Å². The molecule has 1 atom stereocenters. The van der Waals surface area contributed by atoms with Crippen LogP contribution in [-0.2, 0) is 0 Å². The molecule has 0 aliphatic carbocycles. The molecular formula is C16H27N3O. The molecule has 1 fully saturated rings. The molecule has 1 saturated heterocycles. The van der Waals surface area contributed by atoms with E-state index >= 15 is 0 Å². The van der Waals surface area contributed by atoms with Gasteiger partial charge in [-0.15, -0.1) is 0 Å². The third-order valence-electron chi connectivity index (χ3n) is 3.75. The minimum Gasteiger partial charge on any atom is -0.481 e. The summed E-state index contributed by atoms with van der Waals surface area (Å²) in [6.07, 6.45) is 2.55. The van der Waals surface area contributed by atoms with Crippen LogP contribution in [0.5, 0.6) is 5.88 Å². The van der Waals surface area contributed by atoms with Crippen LogP contribution in [0.15, 0.2) is 18.2 Å². The number of anilines is 1. The third kappa shape index (κ3) is 4.37. The monoisotopic (exact) mass is 277 g/mol. The Morgan fingerprint density at radius 2 is 2.30 bits per heavy atom. The van der Waals surface area contributed by atoms with Crippen molar-refractivity contribution in [2.75, 3.05) is 38.2 Å². The van der Waals surface area contributed by atoms with Crippen LogP contribution in [0.2, 0.25) is 0 Å². The maximum atomic E-state index is 5.21. The van der Waals surface area contributed by atoms with Gasteiger partial charge >= 0.3 is 0 Å². The summed E-state index contributed by atoms with van der Waals surface area (Å²) in [5.41, 5.74) is 0. The van der Waals surface area contributed by atoms with Crippen molar-refractivity contribution in [2.24, 2.45) is 11.8 Å². The van der Waals surface area contributed by atoms with Gasteiger partial charge in [-0.05, 0) is 43.8 Å². The van der Waals surface area contributed by atoms with Crippen LogP contribution in [0.3, 0.4) is 0 Å². The van der Waals surface area contributed by atoms with E-state index in [9.17, 15) is 0 Å². The number of aromatic nitrogens is 1. The van der Waals surface area contributed by atoms with Crippen LogP contribution in [0.25, 0.3) is 0 Å². The van der Waals surface area contributed by atoms with E-state index in [4.69, 9.17) is 4.74 Å². The molecule has 1 unspecified atom stereocenters. The number of ether oxygens (including phenoxy) is 1. The lowest BCUT2D eigenvalue weighted by atomic mass is 9.98. The lowest BCUT2D eigenvalue weighted by molar-refractivity contribution is 0.377. The van der Waals surface area contributed by atoms with E-state index in [1.807, 2.05) is 12.1 Å². The molecule has 4 nitrogen and oxygen atoms in total. The molecule has 1 aliphatic rings. The Morgan fingerprint density at radius 1 is 1.45 bits per heavy atom. The molecule has 20 heavy (non-hydrogen) atoms. The van der Waals surface area contributed by atoms with E-state index in [1.54, 1.807) is 7.11 Å². The minimum atomic E-state index is 0.697. The van der Waals surface area contributed by atoms with E-state index in [0.717, 1.165) is 43.8 Å². The molecule has 2 rings (SSSR count). The van der Waals surface area contributed by atoms with Crippen molar-refractivity contribution in [3.8, 4) is 5.88 Å². The van der Waals surface area contributed by atoms with Crippen LogP contribution < -0.4 is 15.0 Å². The zero-order valence-corrected chi connectivity index (χ0v) is 12.9. The molecule has 0 radical (unpaired) electrons. The van der Waals surface area contributed by atoms with Crippen molar-refractivity contribution in [1.29, 1.82) is 0 Å². The smallest absolute Gasteiger partial charge is 0.214 e. The number of pyridine rings is 1. The van der Waals surface area contributed by atoms with Gasteiger partial charge in [0, 0.05) is 19.2 Å². The largest absolute Gasteiger partial charge is 0.481 e. The first-order valence-electron chi connectivity index (χ1n) is 7.65. The number of methoxy groups -OCH3 is 1. The minimum absolute atomic E-state index is 0.697. The van der Waals surface area contributed by atoms with Crippen LogP contribution in [0.1, 0.15) is 26.7 Å². The highest BCUT2D eigenvalue weighted by Crippen LogP contribution is 2.22. The Balaban J connectivity index is 1.89. The highest BCUT2D eigenvalue weighted by Gasteiger charge is 2.20. The fourth-order valence-corrected chi connectivity index (χ4v) is 2.71. The number of nitrogens with zero attached hydrogens (tertiary/aromatic N) is 2. The van der Waals surface area contributed by atoms with Gasteiger partial charge in [0.1, 0.15) is 5.82 Å². The van der Waals surface area contributed by atoms with E-state index < -0.39 is 0 Å². The second kappa shape index (κ2) is 7.48. The van der Waals surface area contributed by atoms with E-state index in [1.165, 1.54) is 12.8 Å². The fraction of sp³-hybridized carbons (Fsp3) is 0.688. The summed E-state index contributed by atoms with van der Waals surface area (Å²) in [6, 6.07) is 5.99. The standard InChI is InChI=1S/C16H27N3O/c1-13(2)10-17-11-14-6-5-9-19(12-14)15-7-4-8-16(18-15)20-3/h4,7-8,13-14,17H,5-6,9-12H2,1-3H3.